The number of carboxylic acids is 1. The van der Waals surface area contributed by atoms with E-state index in [1.54, 1.807) is 31.2 Å². The van der Waals surface area contributed by atoms with Crippen LogP contribution in [0.2, 0.25) is 5.02 Å². The topological polar surface area (TPSA) is 101 Å². The van der Waals surface area contributed by atoms with Gasteiger partial charge in [-0.1, -0.05) is 30.7 Å². The summed E-state index contributed by atoms with van der Waals surface area (Å²) in [5, 5.41) is 13.9. The number of halogens is 1. The zero-order valence-electron chi connectivity index (χ0n) is 15.2. The summed E-state index contributed by atoms with van der Waals surface area (Å²) in [6, 6.07) is 5.88. The van der Waals surface area contributed by atoms with Crippen molar-refractivity contribution in [2.75, 3.05) is 5.32 Å². The number of nitrogens with one attached hydrogen (secondary N) is 1. The molecule has 3 rings (SSSR count). The van der Waals surface area contributed by atoms with Gasteiger partial charge in [0.1, 0.15) is 16.7 Å². The standard InChI is InChI=1S/C19H18ClN3O4S/c1-3-6-14-22-17-15(11(9-28-17)19(26)27)18(25)23(14)10(2)16(24)21-13-8-5-4-7-12(13)20/h4-5,7-10H,3,6H2,1-2H3,(H,21,24)(H,26,27). The molecule has 146 valence electrons. The Morgan fingerprint density at radius 2 is 2.07 bits per heavy atom. The van der Waals surface area contributed by atoms with Crippen molar-refractivity contribution < 1.29 is 14.7 Å². The molecule has 9 heteroatoms. The molecule has 0 bridgehead atoms. The fourth-order valence-corrected chi connectivity index (χ4v) is 4.02. The van der Waals surface area contributed by atoms with Gasteiger partial charge in [-0.15, -0.1) is 11.3 Å². The van der Waals surface area contributed by atoms with Gasteiger partial charge in [0.05, 0.1) is 21.7 Å². The van der Waals surface area contributed by atoms with E-state index in [0.29, 0.717) is 34.2 Å². The van der Waals surface area contributed by atoms with Crippen molar-refractivity contribution in [3.8, 4) is 0 Å². The summed E-state index contributed by atoms with van der Waals surface area (Å²) >= 11 is 7.20. The van der Waals surface area contributed by atoms with Crippen LogP contribution in [-0.2, 0) is 11.2 Å². The molecule has 0 saturated heterocycles. The van der Waals surface area contributed by atoms with Gasteiger partial charge in [-0.25, -0.2) is 9.78 Å². The van der Waals surface area contributed by atoms with Gasteiger partial charge in [-0.05, 0) is 25.5 Å². The molecule has 1 amide bonds. The van der Waals surface area contributed by atoms with Crippen LogP contribution in [-0.4, -0.2) is 26.5 Å². The molecular formula is C19H18ClN3O4S. The van der Waals surface area contributed by atoms with E-state index in [1.807, 2.05) is 6.92 Å². The van der Waals surface area contributed by atoms with E-state index in [2.05, 4.69) is 10.3 Å². The maximum absolute atomic E-state index is 13.1. The first-order chi connectivity index (χ1) is 13.3. The second-order valence-corrected chi connectivity index (χ2v) is 7.50. The third kappa shape index (κ3) is 3.65. The number of hydrogen-bond acceptors (Lipinski definition) is 5. The number of aromatic carboxylic acids is 1. The monoisotopic (exact) mass is 419 g/mol. The van der Waals surface area contributed by atoms with E-state index >= 15 is 0 Å². The number of fused-ring (bicyclic) bond motifs is 1. The number of carbonyl (C=O) groups is 2. The maximum Gasteiger partial charge on any atom is 0.337 e. The number of anilines is 1. The van der Waals surface area contributed by atoms with Crippen LogP contribution in [0.5, 0.6) is 0 Å². The molecular weight excluding hydrogens is 402 g/mol. The SMILES string of the molecule is CCCc1nc2scc(C(=O)O)c2c(=O)n1C(C)C(=O)Nc1ccccc1Cl. The van der Waals surface area contributed by atoms with Crippen LogP contribution >= 0.6 is 22.9 Å². The summed E-state index contributed by atoms with van der Waals surface area (Å²) in [5.74, 6) is -1.20. The van der Waals surface area contributed by atoms with Crippen LogP contribution in [0.4, 0.5) is 5.69 Å². The summed E-state index contributed by atoms with van der Waals surface area (Å²) in [4.78, 5) is 42.2. The second kappa shape index (κ2) is 8.12. The Hall–Kier alpha value is -2.71. The lowest BCUT2D eigenvalue weighted by molar-refractivity contribution is -0.118. The summed E-state index contributed by atoms with van der Waals surface area (Å²) in [7, 11) is 0. The van der Waals surface area contributed by atoms with E-state index in [1.165, 1.54) is 9.95 Å². The fraction of sp³-hybridized carbons (Fsp3) is 0.263. The van der Waals surface area contributed by atoms with E-state index in [0.717, 1.165) is 11.3 Å². The molecule has 3 aromatic rings. The number of aromatic nitrogens is 2. The van der Waals surface area contributed by atoms with Gasteiger partial charge < -0.3 is 10.4 Å². The molecule has 0 fully saturated rings. The predicted molar refractivity (Wildman–Crippen MR) is 110 cm³/mol. The Bertz CT molecular complexity index is 1120. The molecule has 0 aliphatic heterocycles. The Labute approximate surface area is 169 Å². The first kappa shape index (κ1) is 20.0. The van der Waals surface area contributed by atoms with Crippen molar-refractivity contribution in [2.45, 2.75) is 32.7 Å². The molecule has 0 saturated carbocycles. The van der Waals surface area contributed by atoms with Crippen molar-refractivity contribution in [3.63, 3.8) is 0 Å². The number of rotatable bonds is 6. The van der Waals surface area contributed by atoms with E-state index in [-0.39, 0.29) is 10.9 Å². The highest BCUT2D eigenvalue weighted by Crippen LogP contribution is 2.25. The molecule has 2 aromatic heterocycles. The van der Waals surface area contributed by atoms with Crippen LogP contribution in [0.15, 0.2) is 34.4 Å². The molecule has 7 nitrogen and oxygen atoms in total. The highest BCUT2D eigenvalue weighted by Gasteiger charge is 2.25. The summed E-state index contributed by atoms with van der Waals surface area (Å²) in [6.07, 6.45) is 1.20. The van der Waals surface area contributed by atoms with Crippen molar-refractivity contribution >= 4 is 50.7 Å². The van der Waals surface area contributed by atoms with E-state index < -0.39 is 23.5 Å². The Kier molecular flexibility index (Phi) is 5.81. The van der Waals surface area contributed by atoms with Crippen LogP contribution in [0.1, 0.15) is 42.5 Å². The number of benzene rings is 1. The largest absolute Gasteiger partial charge is 0.478 e. The van der Waals surface area contributed by atoms with Crippen molar-refractivity contribution in [2.24, 2.45) is 0 Å². The van der Waals surface area contributed by atoms with Gasteiger partial charge in [0.25, 0.3) is 5.56 Å². The molecule has 0 aliphatic rings. The maximum atomic E-state index is 13.1. The van der Waals surface area contributed by atoms with Gasteiger partial charge in [-0.3, -0.25) is 14.2 Å². The molecule has 0 aliphatic carbocycles. The Balaban J connectivity index is 2.10. The molecule has 1 aromatic carbocycles. The highest BCUT2D eigenvalue weighted by molar-refractivity contribution is 7.17. The minimum atomic E-state index is -1.20. The van der Waals surface area contributed by atoms with Gasteiger partial charge in [0.2, 0.25) is 5.91 Å². The predicted octanol–water partition coefficient (Wildman–Crippen LogP) is 3.96. The first-order valence-electron chi connectivity index (χ1n) is 8.66. The average Bonchev–Trinajstić information content (AvgIpc) is 3.08. The summed E-state index contributed by atoms with van der Waals surface area (Å²) in [6.45, 7) is 3.51. The Morgan fingerprint density at radius 3 is 2.71 bits per heavy atom. The van der Waals surface area contributed by atoms with Crippen molar-refractivity contribution in [1.29, 1.82) is 0 Å². The van der Waals surface area contributed by atoms with Crippen LogP contribution in [0, 0.1) is 0 Å². The number of para-hydroxylation sites is 1. The lowest BCUT2D eigenvalue weighted by Crippen LogP contribution is -2.35. The lowest BCUT2D eigenvalue weighted by atomic mass is 10.2. The molecule has 1 unspecified atom stereocenters. The number of carboxylic acid groups (broad SMARTS) is 1. The average molecular weight is 420 g/mol. The molecule has 0 spiro atoms. The van der Waals surface area contributed by atoms with E-state index in [9.17, 15) is 19.5 Å². The van der Waals surface area contributed by atoms with Gasteiger partial charge in [-0.2, -0.15) is 0 Å². The number of carbonyl (C=O) groups excluding carboxylic acids is 1. The number of aryl methyl sites for hydroxylation is 1. The highest BCUT2D eigenvalue weighted by atomic mass is 35.5. The van der Waals surface area contributed by atoms with Gasteiger partial charge >= 0.3 is 5.97 Å². The number of thiophene rings is 1. The molecule has 28 heavy (non-hydrogen) atoms. The van der Waals surface area contributed by atoms with Crippen molar-refractivity contribution in [3.05, 3.63) is 56.4 Å². The minimum Gasteiger partial charge on any atom is -0.478 e. The number of amides is 1. The summed E-state index contributed by atoms with van der Waals surface area (Å²) < 4.78 is 1.27. The molecule has 2 N–H and O–H groups in total. The van der Waals surface area contributed by atoms with Crippen LogP contribution < -0.4 is 10.9 Å². The number of hydrogen-bond donors (Lipinski definition) is 2. The first-order valence-corrected chi connectivity index (χ1v) is 9.92. The van der Waals surface area contributed by atoms with Gasteiger partial charge in [0, 0.05) is 11.8 Å². The molecule has 2 heterocycles. The molecule has 0 radical (unpaired) electrons. The van der Waals surface area contributed by atoms with E-state index in [4.69, 9.17) is 11.6 Å². The summed E-state index contributed by atoms with van der Waals surface area (Å²) in [5.41, 5.74) is -0.205. The van der Waals surface area contributed by atoms with Crippen LogP contribution in [0.3, 0.4) is 0 Å². The normalized spacial score (nSPS) is 12.1. The number of nitrogens with zero attached hydrogens (tertiary/aromatic N) is 2. The van der Waals surface area contributed by atoms with Gasteiger partial charge in [0.15, 0.2) is 0 Å². The zero-order valence-corrected chi connectivity index (χ0v) is 16.8. The fourth-order valence-electron chi connectivity index (χ4n) is 2.92. The second-order valence-electron chi connectivity index (χ2n) is 6.23. The lowest BCUT2D eigenvalue weighted by Gasteiger charge is -2.19. The molecule has 1 atom stereocenters. The Morgan fingerprint density at radius 1 is 1.36 bits per heavy atom. The third-order valence-corrected chi connectivity index (χ3v) is 5.52. The van der Waals surface area contributed by atoms with Crippen LogP contribution in [0.25, 0.3) is 10.2 Å². The minimum absolute atomic E-state index is 0.0229. The quantitative estimate of drug-likeness (QED) is 0.629. The zero-order chi connectivity index (χ0) is 20.4. The smallest absolute Gasteiger partial charge is 0.337 e. The van der Waals surface area contributed by atoms with Crippen molar-refractivity contribution in [1.82, 2.24) is 9.55 Å². The third-order valence-electron chi connectivity index (χ3n) is 4.32.